The standard InChI is InChI=1S/C12H24N2/c13-8-3-5-11-6-4-10-14-9-2-1-7-12(11)14/h11-12H,1-10,13H2/t11-,12-/m1/s1. The SMILES string of the molecule is NCCC[C@@H]1CCCN2CCCC[C@H]12. The molecule has 0 spiro atoms. The zero-order chi connectivity index (χ0) is 9.80. The largest absolute Gasteiger partial charge is 0.330 e. The molecule has 0 unspecified atom stereocenters. The molecule has 14 heavy (non-hydrogen) atoms. The van der Waals surface area contributed by atoms with E-state index in [1.165, 1.54) is 58.0 Å². The molecule has 2 fully saturated rings. The summed E-state index contributed by atoms with van der Waals surface area (Å²) in [6.07, 6.45) is 9.83. The first-order chi connectivity index (χ1) is 6.92. The third-order valence-corrected chi connectivity index (χ3v) is 4.01. The number of rotatable bonds is 3. The van der Waals surface area contributed by atoms with Crippen molar-refractivity contribution in [2.75, 3.05) is 19.6 Å². The van der Waals surface area contributed by atoms with E-state index in [4.69, 9.17) is 5.73 Å². The Balaban J connectivity index is 1.88. The molecule has 0 aliphatic carbocycles. The first-order valence-electron chi connectivity index (χ1n) is 6.36. The molecule has 82 valence electrons. The van der Waals surface area contributed by atoms with Gasteiger partial charge in [-0.25, -0.2) is 0 Å². The predicted molar refractivity (Wildman–Crippen MR) is 60.2 cm³/mol. The number of fused-ring (bicyclic) bond motifs is 1. The fraction of sp³-hybridized carbons (Fsp3) is 1.00. The summed E-state index contributed by atoms with van der Waals surface area (Å²) in [7, 11) is 0. The molecular weight excluding hydrogens is 172 g/mol. The van der Waals surface area contributed by atoms with E-state index >= 15 is 0 Å². The van der Waals surface area contributed by atoms with Crippen molar-refractivity contribution in [1.29, 1.82) is 0 Å². The van der Waals surface area contributed by atoms with Gasteiger partial charge < -0.3 is 10.6 Å². The second-order valence-electron chi connectivity index (χ2n) is 4.93. The van der Waals surface area contributed by atoms with Gasteiger partial charge in [-0.15, -0.1) is 0 Å². The van der Waals surface area contributed by atoms with Gasteiger partial charge in [0.25, 0.3) is 0 Å². The summed E-state index contributed by atoms with van der Waals surface area (Å²) >= 11 is 0. The van der Waals surface area contributed by atoms with Gasteiger partial charge in [-0.2, -0.15) is 0 Å². The molecule has 0 saturated carbocycles. The van der Waals surface area contributed by atoms with E-state index in [1.807, 2.05) is 0 Å². The van der Waals surface area contributed by atoms with Crippen molar-refractivity contribution in [2.45, 2.75) is 51.0 Å². The summed E-state index contributed by atoms with van der Waals surface area (Å²) < 4.78 is 0. The molecule has 0 aromatic carbocycles. The van der Waals surface area contributed by atoms with Crippen LogP contribution in [0.15, 0.2) is 0 Å². The lowest BCUT2D eigenvalue weighted by molar-refractivity contribution is 0.0552. The van der Waals surface area contributed by atoms with E-state index in [0.717, 1.165) is 18.5 Å². The third kappa shape index (κ3) is 2.29. The first-order valence-corrected chi connectivity index (χ1v) is 6.36. The lowest BCUT2D eigenvalue weighted by Crippen LogP contribution is -2.47. The van der Waals surface area contributed by atoms with E-state index in [1.54, 1.807) is 0 Å². The lowest BCUT2D eigenvalue weighted by atomic mass is 9.81. The van der Waals surface area contributed by atoms with Crippen LogP contribution < -0.4 is 5.73 Å². The van der Waals surface area contributed by atoms with Gasteiger partial charge in [0.1, 0.15) is 0 Å². The molecule has 2 saturated heterocycles. The molecule has 2 aliphatic heterocycles. The van der Waals surface area contributed by atoms with Gasteiger partial charge in [-0.1, -0.05) is 6.42 Å². The van der Waals surface area contributed by atoms with Gasteiger partial charge in [-0.05, 0) is 64.1 Å². The summed E-state index contributed by atoms with van der Waals surface area (Å²) in [6, 6.07) is 0.920. The van der Waals surface area contributed by atoms with E-state index in [0.29, 0.717) is 0 Å². The fourth-order valence-corrected chi connectivity index (χ4v) is 3.29. The van der Waals surface area contributed by atoms with Gasteiger partial charge in [0.2, 0.25) is 0 Å². The van der Waals surface area contributed by atoms with Crippen LogP contribution in [0.25, 0.3) is 0 Å². The Hall–Kier alpha value is -0.0800. The van der Waals surface area contributed by atoms with Crippen LogP contribution in [0.3, 0.4) is 0 Å². The smallest absolute Gasteiger partial charge is 0.0123 e. The van der Waals surface area contributed by atoms with Gasteiger partial charge in [-0.3, -0.25) is 0 Å². The van der Waals surface area contributed by atoms with Gasteiger partial charge in [0.05, 0.1) is 0 Å². The highest BCUT2D eigenvalue weighted by Gasteiger charge is 2.32. The maximum absolute atomic E-state index is 5.60. The van der Waals surface area contributed by atoms with Crippen molar-refractivity contribution in [1.82, 2.24) is 4.90 Å². The van der Waals surface area contributed by atoms with Crippen molar-refractivity contribution in [3.05, 3.63) is 0 Å². The summed E-state index contributed by atoms with van der Waals surface area (Å²) in [4.78, 5) is 2.74. The Bertz CT molecular complexity index is 168. The minimum Gasteiger partial charge on any atom is -0.330 e. The van der Waals surface area contributed by atoms with Crippen molar-refractivity contribution >= 4 is 0 Å². The topological polar surface area (TPSA) is 29.3 Å². The Morgan fingerprint density at radius 3 is 2.79 bits per heavy atom. The van der Waals surface area contributed by atoms with Crippen LogP contribution in [0.2, 0.25) is 0 Å². The van der Waals surface area contributed by atoms with Crippen LogP contribution in [0.4, 0.5) is 0 Å². The van der Waals surface area contributed by atoms with Crippen molar-refractivity contribution < 1.29 is 0 Å². The van der Waals surface area contributed by atoms with Crippen molar-refractivity contribution in [2.24, 2.45) is 11.7 Å². The Labute approximate surface area is 87.8 Å². The first kappa shape index (κ1) is 10.4. The number of piperidine rings is 2. The summed E-state index contributed by atoms with van der Waals surface area (Å²) in [5, 5.41) is 0. The molecule has 2 heteroatoms. The molecule has 2 rings (SSSR count). The van der Waals surface area contributed by atoms with Crippen LogP contribution >= 0.6 is 0 Å². The highest BCUT2D eigenvalue weighted by Crippen LogP contribution is 2.33. The van der Waals surface area contributed by atoms with Crippen LogP contribution in [0.5, 0.6) is 0 Å². The van der Waals surface area contributed by atoms with E-state index < -0.39 is 0 Å². The summed E-state index contributed by atoms with van der Waals surface area (Å²) in [6.45, 7) is 3.61. The van der Waals surface area contributed by atoms with Crippen molar-refractivity contribution in [3.63, 3.8) is 0 Å². The molecule has 2 heterocycles. The molecule has 2 nitrogen and oxygen atoms in total. The molecule has 0 aromatic rings. The molecule has 2 aliphatic rings. The predicted octanol–water partition coefficient (Wildman–Crippen LogP) is 1.99. The highest BCUT2D eigenvalue weighted by atomic mass is 15.2. The molecule has 0 bridgehead atoms. The van der Waals surface area contributed by atoms with E-state index in [9.17, 15) is 0 Å². The molecular formula is C12H24N2. The normalized spacial score (nSPS) is 34.1. The number of nitrogens with two attached hydrogens (primary N) is 1. The molecule has 0 aromatic heterocycles. The monoisotopic (exact) mass is 196 g/mol. The average Bonchev–Trinajstić information content (AvgIpc) is 2.26. The minimum absolute atomic E-state index is 0.878. The number of hydrogen-bond donors (Lipinski definition) is 1. The zero-order valence-electron chi connectivity index (χ0n) is 9.25. The fourth-order valence-electron chi connectivity index (χ4n) is 3.29. The molecule has 0 amide bonds. The second-order valence-corrected chi connectivity index (χ2v) is 4.93. The van der Waals surface area contributed by atoms with Gasteiger partial charge in [0, 0.05) is 6.04 Å². The third-order valence-electron chi connectivity index (χ3n) is 4.01. The average molecular weight is 196 g/mol. The summed E-state index contributed by atoms with van der Waals surface area (Å²) in [5.74, 6) is 0.965. The lowest BCUT2D eigenvalue weighted by Gasteiger charge is -2.44. The minimum atomic E-state index is 0.878. The van der Waals surface area contributed by atoms with Crippen LogP contribution in [0, 0.1) is 5.92 Å². The van der Waals surface area contributed by atoms with Crippen LogP contribution in [-0.2, 0) is 0 Å². The number of nitrogens with zero attached hydrogens (tertiary/aromatic N) is 1. The van der Waals surface area contributed by atoms with Crippen LogP contribution in [-0.4, -0.2) is 30.6 Å². The molecule has 0 radical (unpaired) electrons. The van der Waals surface area contributed by atoms with E-state index in [2.05, 4.69) is 4.90 Å². The highest BCUT2D eigenvalue weighted by molar-refractivity contribution is 4.86. The zero-order valence-corrected chi connectivity index (χ0v) is 9.25. The molecule has 2 N–H and O–H groups in total. The quantitative estimate of drug-likeness (QED) is 0.748. The number of hydrogen-bond acceptors (Lipinski definition) is 2. The van der Waals surface area contributed by atoms with Crippen LogP contribution in [0.1, 0.15) is 44.9 Å². The summed E-state index contributed by atoms with van der Waals surface area (Å²) in [5.41, 5.74) is 5.60. The Morgan fingerprint density at radius 2 is 1.93 bits per heavy atom. The maximum Gasteiger partial charge on any atom is 0.0123 e. The van der Waals surface area contributed by atoms with Crippen molar-refractivity contribution in [3.8, 4) is 0 Å². The maximum atomic E-state index is 5.60. The second kappa shape index (κ2) is 5.13. The molecule has 2 atom stereocenters. The van der Waals surface area contributed by atoms with E-state index in [-0.39, 0.29) is 0 Å². The van der Waals surface area contributed by atoms with Gasteiger partial charge in [0.15, 0.2) is 0 Å². The van der Waals surface area contributed by atoms with Gasteiger partial charge >= 0.3 is 0 Å². The Kier molecular flexibility index (Phi) is 3.82. The Morgan fingerprint density at radius 1 is 1.07 bits per heavy atom.